The number of hydrogen-bond acceptors (Lipinski definition) is 6. The molecule has 0 fully saturated rings. The van der Waals surface area contributed by atoms with Crippen molar-refractivity contribution in [2.45, 2.75) is 32.0 Å². The van der Waals surface area contributed by atoms with Crippen LogP contribution in [0.25, 0.3) is 0 Å². The minimum Gasteiger partial charge on any atom is -0.465 e. The fourth-order valence-electron chi connectivity index (χ4n) is 1.10. The Bertz CT molecular complexity index is 435. The number of H-pyrrole nitrogens is 1. The second kappa shape index (κ2) is 7.62. The number of hydrogen-bond donors (Lipinski definition) is 3. The van der Waals surface area contributed by atoms with Crippen LogP contribution in [-0.4, -0.2) is 45.6 Å². The van der Waals surface area contributed by atoms with E-state index in [9.17, 15) is 9.59 Å². The number of amides is 2. The van der Waals surface area contributed by atoms with Crippen molar-refractivity contribution in [1.82, 2.24) is 20.5 Å². The monoisotopic (exact) mass is 287 g/mol. The van der Waals surface area contributed by atoms with Gasteiger partial charge in [-0.25, -0.2) is 9.89 Å². The molecule has 8 nitrogen and oxygen atoms in total. The van der Waals surface area contributed by atoms with E-state index in [0.29, 0.717) is 11.8 Å². The molecule has 106 valence electrons. The predicted octanol–water partition coefficient (Wildman–Crippen LogP) is 0.990. The first kappa shape index (κ1) is 15.3. The highest BCUT2D eigenvalue weighted by Gasteiger charge is 2.10. The third-order valence-corrected chi connectivity index (χ3v) is 2.56. The van der Waals surface area contributed by atoms with E-state index in [-0.39, 0.29) is 29.7 Å². The molecule has 1 heterocycles. The Hall–Kier alpha value is -1.77. The lowest BCUT2D eigenvalue weighted by atomic mass is 10.4. The van der Waals surface area contributed by atoms with Crippen LogP contribution in [0.1, 0.15) is 20.8 Å². The Morgan fingerprint density at radius 2 is 2.21 bits per heavy atom. The lowest BCUT2D eigenvalue weighted by Gasteiger charge is -2.07. The van der Waals surface area contributed by atoms with Gasteiger partial charge in [0.2, 0.25) is 11.1 Å². The molecule has 2 amide bonds. The zero-order valence-corrected chi connectivity index (χ0v) is 11.8. The van der Waals surface area contributed by atoms with Gasteiger partial charge in [-0.3, -0.25) is 10.1 Å². The number of anilines is 1. The van der Waals surface area contributed by atoms with Crippen molar-refractivity contribution >= 4 is 29.7 Å². The molecule has 1 rings (SSSR count). The SMILES string of the molecule is CCOC(=O)CSc1n[nH]c(NC(=O)NC(C)C)n1. The van der Waals surface area contributed by atoms with Gasteiger partial charge in [-0.15, -0.1) is 5.10 Å². The Labute approximate surface area is 115 Å². The first-order valence-electron chi connectivity index (χ1n) is 5.79. The summed E-state index contributed by atoms with van der Waals surface area (Å²) in [6.45, 7) is 5.78. The maximum atomic E-state index is 11.4. The molecular weight excluding hydrogens is 270 g/mol. The number of carbonyl (C=O) groups excluding carboxylic acids is 2. The summed E-state index contributed by atoms with van der Waals surface area (Å²) in [5.41, 5.74) is 0. The van der Waals surface area contributed by atoms with Crippen LogP contribution in [-0.2, 0) is 9.53 Å². The van der Waals surface area contributed by atoms with Crippen LogP contribution in [0.2, 0.25) is 0 Å². The number of urea groups is 1. The topological polar surface area (TPSA) is 109 Å². The Kier molecular flexibility index (Phi) is 6.13. The molecular formula is C10H17N5O3S. The fraction of sp³-hybridized carbons (Fsp3) is 0.600. The molecule has 0 radical (unpaired) electrons. The molecule has 0 atom stereocenters. The molecule has 0 saturated carbocycles. The predicted molar refractivity (Wildman–Crippen MR) is 71.0 cm³/mol. The number of aromatic nitrogens is 3. The maximum absolute atomic E-state index is 11.4. The van der Waals surface area contributed by atoms with Crippen molar-refractivity contribution in [3.8, 4) is 0 Å². The van der Waals surface area contributed by atoms with Gasteiger partial charge in [0.1, 0.15) is 0 Å². The lowest BCUT2D eigenvalue weighted by Crippen LogP contribution is -2.34. The molecule has 0 aliphatic rings. The minimum atomic E-state index is -0.368. The van der Waals surface area contributed by atoms with Crippen molar-refractivity contribution < 1.29 is 14.3 Å². The first-order chi connectivity index (χ1) is 9.01. The molecule has 0 spiro atoms. The van der Waals surface area contributed by atoms with Crippen LogP contribution < -0.4 is 10.6 Å². The van der Waals surface area contributed by atoms with Gasteiger partial charge < -0.3 is 10.1 Å². The van der Waals surface area contributed by atoms with Gasteiger partial charge in [0.05, 0.1) is 12.4 Å². The molecule has 0 unspecified atom stereocenters. The van der Waals surface area contributed by atoms with Crippen LogP contribution in [0.5, 0.6) is 0 Å². The summed E-state index contributed by atoms with van der Waals surface area (Å²) in [6, 6.07) is -0.339. The van der Waals surface area contributed by atoms with Crippen LogP contribution >= 0.6 is 11.8 Å². The summed E-state index contributed by atoms with van der Waals surface area (Å²) >= 11 is 1.13. The zero-order chi connectivity index (χ0) is 14.3. The van der Waals surface area contributed by atoms with E-state index in [1.54, 1.807) is 6.92 Å². The van der Waals surface area contributed by atoms with Crippen molar-refractivity contribution in [3.05, 3.63) is 0 Å². The van der Waals surface area contributed by atoms with Crippen molar-refractivity contribution in [3.63, 3.8) is 0 Å². The van der Waals surface area contributed by atoms with Crippen molar-refractivity contribution in [2.24, 2.45) is 0 Å². The van der Waals surface area contributed by atoms with Gasteiger partial charge >= 0.3 is 12.0 Å². The molecule has 19 heavy (non-hydrogen) atoms. The molecule has 1 aromatic rings. The van der Waals surface area contributed by atoms with Gasteiger partial charge in [0.25, 0.3) is 0 Å². The molecule has 3 N–H and O–H groups in total. The molecule has 0 saturated heterocycles. The summed E-state index contributed by atoms with van der Waals surface area (Å²) in [6.07, 6.45) is 0. The third-order valence-electron chi connectivity index (χ3n) is 1.74. The van der Waals surface area contributed by atoms with Crippen LogP contribution in [0.15, 0.2) is 5.16 Å². The van der Waals surface area contributed by atoms with Crippen LogP contribution in [0, 0.1) is 0 Å². The van der Waals surface area contributed by atoms with E-state index < -0.39 is 0 Å². The molecule has 1 aromatic heterocycles. The van der Waals surface area contributed by atoms with E-state index in [2.05, 4.69) is 25.8 Å². The average Bonchev–Trinajstić information content (AvgIpc) is 2.73. The number of carbonyl (C=O) groups is 2. The van der Waals surface area contributed by atoms with Gasteiger partial charge in [0, 0.05) is 6.04 Å². The van der Waals surface area contributed by atoms with E-state index in [4.69, 9.17) is 4.74 Å². The fourth-order valence-corrected chi connectivity index (χ4v) is 1.70. The maximum Gasteiger partial charge on any atom is 0.321 e. The molecule has 0 aliphatic carbocycles. The Balaban J connectivity index is 2.40. The number of ether oxygens (including phenoxy) is 1. The highest BCUT2D eigenvalue weighted by atomic mass is 32.2. The van der Waals surface area contributed by atoms with Crippen LogP contribution in [0.3, 0.4) is 0 Å². The molecule has 0 aliphatic heterocycles. The van der Waals surface area contributed by atoms with Gasteiger partial charge in [-0.05, 0) is 20.8 Å². The Morgan fingerprint density at radius 3 is 2.84 bits per heavy atom. The van der Waals surface area contributed by atoms with Crippen LogP contribution in [0.4, 0.5) is 10.7 Å². The van der Waals surface area contributed by atoms with E-state index in [1.807, 2.05) is 13.8 Å². The lowest BCUT2D eigenvalue weighted by molar-refractivity contribution is -0.139. The summed E-state index contributed by atoms with van der Waals surface area (Å²) in [5, 5.41) is 11.9. The number of nitrogens with one attached hydrogen (secondary N) is 3. The quantitative estimate of drug-likeness (QED) is 0.532. The number of esters is 1. The second-order valence-corrected chi connectivity index (χ2v) is 4.76. The summed E-state index contributed by atoms with van der Waals surface area (Å²) in [4.78, 5) is 26.5. The number of aromatic amines is 1. The highest BCUT2D eigenvalue weighted by Crippen LogP contribution is 2.13. The summed E-state index contributed by atoms with van der Waals surface area (Å²) in [5.74, 6) is 0.0254. The standard InChI is InChI=1S/C10H17N5O3S/c1-4-18-7(16)5-19-10-13-8(14-15-10)12-9(17)11-6(2)3/h6H,4-5H2,1-3H3,(H3,11,12,13,14,15,17). The number of rotatable bonds is 6. The van der Waals surface area contributed by atoms with Crippen molar-refractivity contribution in [1.29, 1.82) is 0 Å². The van der Waals surface area contributed by atoms with Crippen molar-refractivity contribution in [2.75, 3.05) is 17.7 Å². The smallest absolute Gasteiger partial charge is 0.321 e. The van der Waals surface area contributed by atoms with E-state index >= 15 is 0 Å². The largest absolute Gasteiger partial charge is 0.465 e. The summed E-state index contributed by atoms with van der Waals surface area (Å²) < 4.78 is 4.77. The Morgan fingerprint density at radius 1 is 1.47 bits per heavy atom. The normalized spacial score (nSPS) is 10.3. The number of thioether (sulfide) groups is 1. The second-order valence-electron chi connectivity index (χ2n) is 3.81. The summed E-state index contributed by atoms with van der Waals surface area (Å²) in [7, 11) is 0. The van der Waals surface area contributed by atoms with Gasteiger partial charge in [-0.1, -0.05) is 11.8 Å². The molecule has 9 heteroatoms. The third kappa shape index (κ3) is 6.09. The van der Waals surface area contributed by atoms with E-state index in [1.165, 1.54) is 0 Å². The molecule has 0 aromatic carbocycles. The number of nitrogens with zero attached hydrogens (tertiary/aromatic N) is 2. The van der Waals surface area contributed by atoms with Gasteiger partial charge in [0.15, 0.2) is 0 Å². The first-order valence-corrected chi connectivity index (χ1v) is 6.78. The zero-order valence-electron chi connectivity index (χ0n) is 11.0. The van der Waals surface area contributed by atoms with Gasteiger partial charge in [-0.2, -0.15) is 4.98 Å². The highest BCUT2D eigenvalue weighted by molar-refractivity contribution is 7.99. The minimum absolute atomic E-state index is 0.0283. The van der Waals surface area contributed by atoms with E-state index in [0.717, 1.165) is 11.8 Å². The molecule has 0 bridgehead atoms. The average molecular weight is 287 g/mol.